The molecule has 0 radical (unpaired) electrons. The second-order valence-corrected chi connectivity index (χ2v) is 5.93. The van der Waals surface area contributed by atoms with Gasteiger partial charge in [0.2, 0.25) is 15.0 Å². The molecule has 1 aromatic heterocycles. The Morgan fingerprint density at radius 3 is 2.76 bits per heavy atom. The molecule has 0 atom stereocenters. The molecule has 0 spiro atoms. The Bertz CT molecular complexity index is 637. The Morgan fingerprint density at radius 2 is 2.18 bits per heavy atom. The second kappa shape index (κ2) is 4.46. The van der Waals surface area contributed by atoms with Gasteiger partial charge in [-0.25, -0.2) is 8.42 Å². The number of sulfone groups is 1. The van der Waals surface area contributed by atoms with Crippen molar-refractivity contribution < 1.29 is 8.42 Å². The van der Waals surface area contributed by atoms with Gasteiger partial charge in [-0.2, -0.15) is 0 Å². The van der Waals surface area contributed by atoms with Gasteiger partial charge in [-0.05, 0) is 17.7 Å². The molecule has 2 rings (SSSR count). The number of nitrogens with zero attached hydrogens (tertiary/aromatic N) is 3. The van der Waals surface area contributed by atoms with Gasteiger partial charge in [-0.1, -0.05) is 23.7 Å². The van der Waals surface area contributed by atoms with Crippen LogP contribution in [-0.2, 0) is 22.6 Å². The topological polar surface area (TPSA) is 64.8 Å². The van der Waals surface area contributed by atoms with Crippen molar-refractivity contribution in [2.75, 3.05) is 0 Å². The third-order valence-corrected chi connectivity index (χ3v) is 4.07. The SMILES string of the molecule is Cn1cnnc1S(=O)(=O)Cc1cccc(Cl)c1. The lowest BCUT2D eigenvalue weighted by molar-refractivity contribution is 0.577. The average molecular weight is 272 g/mol. The number of aryl methyl sites for hydroxylation is 1. The lowest BCUT2D eigenvalue weighted by Crippen LogP contribution is -2.10. The van der Waals surface area contributed by atoms with Crippen molar-refractivity contribution >= 4 is 21.4 Å². The Labute approximate surface area is 104 Å². The first-order chi connectivity index (χ1) is 7.99. The summed E-state index contributed by atoms with van der Waals surface area (Å²) < 4.78 is 25.4. The van der Waals surface area contributed by atoms with Gasteiger partial charge in [0.05, 0.1) is 5.75 Å². The molecule has 0 amide bonds. The molecule has 0 unspecified atom stereocenters. The van der Waals surface area contributed by atoms with Crippen LogP contribution in [0.3, 0.4) is 0 Å². The lowest BCUT2D eigenvalue weighted by atomic mass is 10.2. The minimum absolute atomic E-state index is 0.0440. The fourth-order valence-electron chi connectivity index (χ4n) is 1.46. The summed E-state index contributed by atoms with van der Waals surface area (Å²) in [4.78, 5) is 0. The zero-order valence-electron chi connectivity index (χ0n) is 9.04. The van der Waals surface area contributed by atoms with Crippen molar-refractivity contribution in [1.82, 2.24) is 14.8 Å². The average Bonchev–Trinajstić information content (AvgIpc) is 2.64. The number of aromatic nitrogens is 3. The number of rotatable bonds is 3. The maximum atomic E-state index is 12.0. The summed E-state index contributed by atoms with van der Waals surface area (Å²) in [5, 5.41) is 7.62. The van der Waals surface area contributed by atoms with Gasteiger partial charge >= 0.3 is 0 Å². The summed E-state index contributed by atoms with van der Waals surface area (Å²) in [6.07, 6.45) is 1.35. The molecule has 7 heteroatoms. The Kier molecular flexibility index (Phi) is 3.17. The highest BCUT2D eigenvalue weighted by molar-refractivity contribution is 7.90. The van der Waals surface area contributed by atoms with E-state index in [0.29, 0.717) is 10.6 Å². The van der Waals surface area contributed by atoms with E-state index in [1.54, 1.807) is 31.3 Å². The Balaban J connectivity index is 2.33. The second-order valence-electron chi connectivity index (χ2n) is 3.61. The molecule has 0 saturated carbocycles. The van der Waals surface area contributed by atoms with Crippen molar-refractivity contribution in [3.8, 4) is 0 Å². The largest absolute Gasteiger partial charge is 0.308 e. The molecule has 2 aromatic rings. The first-order valence-corrected chi connectivity index (χ1v) is 6.83. The normalized spacial score (nSPS) is 11.6. The van der Waals surface area contributed by atoms with Crippen LogP contribution >= 0.6 is 11.6 Å². The van der Waals surface area contributed by atoms with E-state index in [0.717, 1.165) is 0 Å². The van der Waals surface area contributed by atoms with Crippen molar-refractivity contribution in [2.45, 2.75) is 10.9 Å². The molecule has 0 bridgehead atoms. The van der Waals surface area contributed by atoms with E-state index in [4.69, 9.17) is 11.6 Å². The van der Waals surface area contributed by atoms with Gasteiger partial charge in [-0.15, -0.1) is 10.2 Å². The van der Waals surface area contributed by atoms with Crippen LogP contribution in [0.4, 0.5) is 0 Å². The highest BCUT2D eigenvalue weighted by Crippen LogP contribution is 2.16. The van der Waals surface area contributed by atoms with E-state index >= 15 is 0 Å². The van der Waals surface area contributed by atoms with Gasteiger partial charge in [0.25, 0.3) is 0 Å². The number of hydrogen-bond donors (Lipinski definition) is 0. The number of benzene rings is 1. The van der Waals surface area contributed by atoms with Crippen LogP contribution in [0.25, 0.3) is 0 Å². The molecule has 0 N–H and O–H groups in total. The van der Waals surface area contributed by atoms with E-state index in [2.05, 4.69) is 10.2 Å². The third kappa shape index (κ3) is 2.65. The minimum Gasteiger partial charge on any atom is -0.308 e. The van der Waals surface area contributed by atoms with Crippen LogP contribution in [0, 0.1) is 0 Å². The van der Waals surface area contributed by atoms with Gasteiger partial charge in [-0.3, -0.25) is 0 Å². The molecule has 1 heterocycles. The number of hydrogen-bond acceptors (Lipinski definition) is 4. The van der Waals surface area contributed by atoms with E-state index in [9.17, 15) is 8.42 Å². The first-order valence-electron chi connectivity index (χ1n) is 4.80. The van der Waals surface area contributed by atoms with Crippen LogP contribution in [-0.4, -0.2) is 23.2 Å². The third-order valence-electron chi connectivity index (χ3n) is 2.19. The lowest BCUT2D eigenvalue weighted by Gasteiger charge is -2.03. The van der Waals surface area contributed by atoms with Crippen LogP contribution < -0.4 is 0 Å². The van der Waals surface area contributed by atoms with Crippen molar-refractivity contribution in [3.63, 3.8) is 0 Å². The number of halogens is 1. The fourth-order valence-corrected chi connectivity index (χ4v) is 3.08. The summed E-state index contributed by atoms with van der Waals surface area (Å²) in [6.45, 7) is 0. The van der Waals surface area contributed by atoms with Gasteiger partial charge < -0.3 is 4.57 Å². The van der Waals surface area contributed by atoms with Gasteiger partial charge in [0, 0.05) is 12.1 Å². The predicted octanol–water partition coefficient (Wildman–Crippen LogP) is 1.44. The maximum absolute atomic E-state index is 12.0. The van der Waals surface area contributed by atoms with Crippen molar-refractivity contribution in [2.24, 2.45) is 7.05 Å². The smallest absolute Gasteiger partial charge is 0.249 e. The van der Waals surface area contributed by atoms with Crippen LogP contribution in [0.1, 0.15) is 5.56 Å². The quantitative estimate of drug-likeness (QED) is 0.847. The highest BCUT2D eigenvalue weighted by atomic mass is 35.5. The zero-order chi connectivity index (χ0) is 12.5. The van der Waals surface area contributed by atoms with Crippen molar-refractivity contribution in [1.29, 1.82) is 0 Å². The molecular formula is C10H10ClN3O2S. The van der Waals surface area contributed by atoms with Gasteiger partial charge in [0.15, 0.2) is 0 Å². The van der Waals surface area contributed by atoms with Gasteiger partial charge in [0.1, 0.15) is 6.33 Å². The molecule has 17 heavy (non-hydrogen) atoms. The van der Waals surface area contributed by atoms with E-state index in [1.165, 1.54) is 10.9 Å². The molecule has 1 aromatic carbocycles. The highest BCUT2D eigenvalue weighted by Gasteiger charge is 2.20. The molecule has 0 saturated heterocycles. The molecule has 90 valence electrons. The summed E-state index contributed by atoms with van der Waals surface area (Å²) in [7, 11) is -1.90. The maximum Gasteiger partial charge on any atom is 0.249 e. The zero-order valence-corrected chi connectivity index (χ0v) is 10.6. The monoisotopic (exact) mass is 271 g/mol. The van der Waals surface area contributed by atoms with Crippen molar-refractivity contribution in [3.05, 3.63) is 41.2 Å². The van der Waals surface area contributed by atoms with Crippen LogP contribution in [0.15, 0.2) is 35.7 Å². The molecule has 5 nitrogen and oxygen atoms in total. The Hall–Kier alpha value is -1.40. The predicted molar refractivity (Wildman–Crippen MR) is 63.3 cm³/mol. The van der Waals surface area contributed by atoms with E-state index in [-0.39, 0.29) is 10.9 Å². The fraction of sp³-hybridized carbons (Fsp3) is 0.200. The minimum atomic E-state index is -3.49. The molecule has 0 aliphatic heterocycles. The summed E-state index contributed by atoms with van der Waals surface area (Å²) in [5.74, 6) is -0.139. The van der Waals surface area contributed by atoms with Crippen LogP contribution in [0.2, 0.25) is 5.02 Å². The van der Waals surface area contributed by atoms with E-state index < -0.39 is 9.84 Å². The molecular weight excluding hydrogens is 262 g/mol. The van der Waals surface area contributed by atoms with Crippen LogP contribution in [0.5, 0.6) is 0 Å². The first kappa shape index (κ1) is 12.1. The summed E-state index contributed by atoms with van der Waals surface area (Å²) in [6, 6.07) is 6.74. The summed E-state index contributed by atoms with van der Waals surface area (Å²) >= 11 is 5.80. The standard InChI is InChI=1S/C10H10ClN3O2S/c1-14-7-12-13-10(14)17(15,16)6-8-3-2-4-9(11)5-8/h2-5,7H,6H2,1H3. The molecule has 0 aliphatic rings. The summed E-state index contributed by atoms with van der Waals surface area (Å²) in [5.41, 5.74) is 0.625. The van der Waals surface area contributed by atoms with E-state index in [1.807, 2.05) is 0 Å². The Morgan fingerprint density at radius 1 is 1.41 bits per heavy atom. The molecule has 0 aliphatic carbocycles. The molecule has 0 fully saturated rings.